The Morgan fingerprint density at radius 3 is 2.88 bits per heavy atom. The Bertz CT molecular complexity index is 378. The zero-order valence-corrected chi connectivity index (χ0v) is 10.5. The van der Waals surface area contributed by atoms with E-state index >= 15 is 0 Å². The highest BCUT2D eigenvalue weighted by atomic mass is 19.1. The van der Waals surface area contributed by atoms with Gasteiger partial charge in [0, 0.05) is 19.6 Å². The van der Waals surface area contributed by atoms with Gasteiger partial charge < -0.3 is 10.6 Å². The van der Waals surface area contributed by atoms with Gasteiger partial charge in [-0.15, -0.1) is 0 Å². The van der Waals surface area contributed by atoms with Gasteiger partial charge in [-0.05, 0) is 42.9 Å². The molecule has 1 atom stereocenters. The van der Waals surface area contributed by atoms with Crippen molar-refractivity contribution < 1.29 is 4.39 Å². The molecule has 0 radical (unpaired) electrons. The number of hydrogen-bond donors (Lipinski definition) is 1. The summed E-state index contributed by atoms with van der Waals surface area (Å²) in [4.78, 5) is 2.17. The van der Waals surface area contributed by atoms with E-state index in [0.717, 1.165) is 43.1 Å². The smallest absolute Gasteiger partial charge is 0.146 e. The molecular weight excluding hydrogens is 215 g/mol. The van der Waals surface area contributed by atoms with E-state index in [2.05, 4.69) is 11.8 Å². The van der Waals surface area contributed by atoms with Crippen molar-refractivity contribution in [1.82, 2.24) is 0 Å². The standard InChI is InChI=1S/C14H21FN2/c1-11-3-2-7-17(8-6-11)14-5-4-12(10-16)9-13(14)15/h4-5,9,11H,2-3,6-8,10,16H2,1H3. The van der Waals surface area contributed by atoms with E-state index in [1.54, 1.807) is 6.07 Å². The first-order valence-electron chi connectivity index (χ1n) is 6.44. The summed E-state index contributed by atoms with van der Waals surface area (Å²) in [6, 6.07) is 5.35. The van der Waals surface area contributed by atoms with Gasteiger partial charge in [0.1, 0.15) is 5.82 Å². The molecule has 2 N–H and O–H groups in total. The van der Waals surface area contributed by atoms with Crippen LogP contribution in [-0.4, -0.2) is 13.1 Å². The van der Waals surface area contributed by atoms with Gasteiger partial charge in [0.05, 0.1) is 5.69 Å². The lowest BCUT2D eigenvalue weighted by Gasteiger charge is -2.23. The van der Waals surface area contributed by atoms with Crippen LogP contribution in [0.25, 0.3) is 0 Å². The molecule has 1 heterocycles. The van der Waals surface area contributed by atoms with E-state index in [-0.39, 0.29) is 5.82 Å². The van der Waals surface area contributed by atoms with Crippen LogP contribution in [0.3, 0.4) is 0 Å². The topological polar surface area (TPSA) is 29.3 Å². The maximum absolute atomic E-state index is 14.0. The number of nitrogens with zero attached hydrogens (tertiary/aromatic N) is 1. The highest BCUT2D eigenvalue weighted by molar-refractivity contribution is 5.49. The van der Waals surface area contributed by atoms with Crippen LogP contribution in [0.1, 0.15) is 31.7 Å². The van der Waals surface area contributed by atoms with E-state index in [1.807, 2.05) is 12.1 Å². The molecule has 1 saturated heterocycles. The molecule has 94 valence electrons. The molecule has 0 aromatic heterocycles. The van der Waals surface area contributed by atoms with E-state index < -0.39 is 0 Å². The third-order valence-electron chi connectivity index (χ3n) is 3.61. The third kappa shape index (κ3) is 2.97. The summed E-state index contributed by atoms with van der Waals surface area (Å²) in [6.07, 6.45) is 3.55. The predicted molar refractivity (Wildman–Crippen MR) is 69.5 cm³/mol. The second-order valence-electron chi connectivity index (χ2n) is 5.01. The van der Waals surface area contributed by atoms with Crippen molar-refractivity contribution in [2.75, 3.05) is 18.0 Å². The number of rotatable bonds is 2. The molecule has 0 spiro atoms. The molecule has 1 unspecified atom stereocenters. The van der Waals surface area contributed by atoms with E-state index in [9.17, 15) is 4.39 Å². The molecule has 17 heavy (non-hydrogen) atoms. The lowest BCUT2D eigenvalue weighted by Crippen LogP contribution is -2.25. The summed E-state index contributed by atoms with van der Waals surface area (Å²) >= 11 is 0. The molecule has 0 bridgehead atoms. The summed E-state index contributed by atoms with van der Waals surface area (Å²) in [5, 5.41) is 0. The normalized spacial score (nSPS) is 21.4. The van der Waals surface area contributed by atoms with Gasteiger partial charge in [-0.25, -0.2) is 4.39 Å². The molecule has 0 amide bonds. The lowest BCUT2D eigenvalue weighted by atomic mass is 10.0. The predicted octanol–water partition coefficient (Wildman–Crippen LogP) is 2.91. The first-order chi connectivity index (χ1) is 8.20. The molecule has 1 fully saturated rings. The van der Waals surface area contributed by atoms with Crippen molar-refractivity contribution >= 4 is 5.69 Å². The minimum absolute atomic E-state index is 0.137. The van der Waals surface area contributed by atoms with Crippen LogP contribution >= 0.6 is 0 Å². The van der Waals surface area contributed by atoms with Crippen LogP contribution in [0.4, 0.5) is 10.1 Å². The van der Waals surface area contributed by atoms with E-state index in [1.165, 1.54) is 6.42 Å². The van der Waals surface area contributed by atoms with Crippen LogP contribution < -0.4 is 10.6 Å². The molecule has 0 aliphatic carbocycles. The number of benzene rings is 1. The maximum atomic E-state index is 14.0. The first-order valence-corrected chi connectivity index (χ1v) is 6.44. The van der Waals surface area contributed by atoms with Gasteiger partial charge >= 0.3 is 0 Å². The highest BCUT2D eigenvalue weighted by Crippen LogP contribution is 2.25. The SMILES string of the molecule is CC1CCCN(c2ccc(CN)cc2F)CC1. The molecule has 1 aromatic carbocycles. The van der Waals surface area contributed by atoms with Gasteiger partial charge in [0.15, 0.2) is 0 Å². The van der Waals surface area contributed by atoms with Gasteiger partial charge in [-0.3, -0.25) is 0 Å². The van der Waals surface area contributed by atoms with Crippen LogP contribution in [0.15, 0.2) is 18.2 Å². The van der Waals surface area contributed by atoms with Crippen LogP contribution in [-0.2, 0) is 6.54 Å². The summed E-state index contributed by atoms with van der Waals surface area (Å²) < 4.78 is 14.0. The monoisotopic (exact) mass is 236 g/mol. The van der Waals surface area contributed by atoms with Crippen molar-refractivity contribution in [2.24, 2.45) is 11.7 Å². The quantitative estimate of drug-likeness (QED) is 0.855. The minimum atomic E-state index is -0.137. The van der Waals surface area contributed by atoms with E-state index in [0.29, 0.717) is 6.54 Å². The van der Waals surface area contributed by atoms with Crippen molar-refractivity contribution in [2.45, 2.75) is 32.7 Å². The molecule has 1 aliphatic heterocycles. The Labute approximate surface area is 103 Å². The lowest BCUT2D eigenvalue weighted by molar-refractivity contribution is 0.520. The Morgan fingerprint density at radius 2 is 2.18 bits per heavy atom. The summed E-state index contributed by atoms with van der Waals surface area (Å²) in [7, 11) is 0. The molecule has 2 rings (SSSR count). The van der Waals surface area contributed by atoms with Crippen LogP contribution in [0.2, 0.25) is 0 Å². The zero-order chi connectivity index (χ0) is 12.3. The first kappa shape index (κ1) is 12.4. The van der Waals surface area contributed by atoms with Gasteiger partial charge in [0.25, 0.3) is 0 Å². The maximum Gasteiger partial charge on any atom is 0.146 e. The molecule has 0 saturated carbocycles. The Hall–Kier alpha value is -1.09. The van der Waals surface area contributed by atoms with Crippen LogP contribution in [0.5, 0.6) is 0 Å². The Balaban J connectivity index is 2.15. The Morgan fingerprint density at radius 1 is 1.35 bits per heavy atom. The molecule has 1 aromatic rings. The third-order valence-corrected chi connectivity index (χ3v) is 3.61. The zero-order valence-electron chi connectivity index (χ0n) is 10.5. The average Bonchev–Trinajstić information content (AvgIpc) is 2.54. The molecule has 3 heteroatoms. The summed E-state index contributed by atoms with van der Waals surface area (Å²) in [5.74, 6) is 0.619. The second-order valence-corrected chi connectivity index (χ2v) is 5.01. The van der Waals surface area contributed by atoms with Crippen molar-refractivity contribution in [3.63, 3.8) is 0 Å². The Kier molecular flexibility index (Phi) is 4.00. The fraction of sp³-hybridized carbons (Fsp3) is 0.571. The average molecular weight is 236 g/mol. The number of hydrogen-bond acceptors (Lipinski definition) is 2. The molecular formula is C14H21FN2. The fourth-order valence-electron chi connectivity index (χ4n) is 2.44. The minimum Gasteiger partial charge on any atom is -0.369 e. The second kappa shape index (κ2) is 5.50. The fourth-order valence-corrected chi connectivity index (χ4v) is 2.44. The summed E-state index contributed by atoms with van der Waals surface area (Å²) in [6.45, 7) is 4.59. The van der Waals surface area contributed by atoms with Crippen molar-refractivity contribution in [1.29, 1.82) is 0 Å². The molecule has 1 aliphatic rings. The number of nitrogens with two attached hydrogens (primary N) is 1. The van der Waals surface area contributed by atoms with Gasteiger partial charge in [-0.2, -0.15) is 0 Å². The number of anilines is 1. The summed E-state index contributed by atoms with van der Waals surface area (Å²) in [5.41, 5.74) is 7.10. The van der Waals surface area contributed by atoms with Gasteiger partial charge in [-0.1, -0.05) is 13.0 Å². The highest BCUT2D eigenvalue weighted by Gasteiger charge is 2.16. The largest absolute Gasteiger partial charge is 0.369 e. The van der Waals surface area contributed by atoms with E-state index in [4.69, 9.17) is 5.73 Å². The number of halogens is 1. The van der Waals surface area contributed by atoms with Gasteiger partial charge in [0.2, 0.25) is 0 Å². The van der Waals surface area contributed by atoms with Crippen molar-refractivity contribution in [3.8, 4) is 0 Å². The molecule has 2 nitrogen and oxygen atoms in total. The van der Waals surface area contributed by atoms with Crippen molar-refractivity contribution in [3.05, 3.63) is 29.6 Å². The van der Waals surface area contributed by atoms with Crippen LogP contribution in [0, 0.1) is 11.7 Å².